The van der Waals surface area contributed by atoms with Crippen LogP contribution in [0.25, 0.3) is 0 Å². The third-order valence-corrected chi connectivity index (χ3v) is 4.19. The molecule has 0 amide bonds. The molecule has 0 aliphatic heterocycles. The summed E-state index contributed by atoms with van der Waals surface area (Å²) in [5.74, 6) is 0.483. The Balaban J connectivity index is 2.58. The molecule has 1 atom stereocenters. The van der Waals surface area contributed by atoms with Crippen LogP contribution in [0.1, 0.15) is 20.3 Å². The lowest BCUT2D eigenvalue weighted by Gasteiger charge is -2.27. The molecule has 0 aromatic carbocycles. The smallest absolute Gasteiger partial charge is 0.325 e. The van der Waals surface area contributed by atoms with Crippen molar-refractivity contribution in [2.75, 3.05) is 19.4 Å². The Bertz CT molecular complexity index is 431. The van der Waals surface area contributed by atoms with Gasteiger partial charge in [-0.1, -0.05) is 18.5 Å². The average Bonchev–Trinajstić information content (AvgIpc) is 2.40. The van der Waals surface area contributed by atoms with Gasteiger partial charge in [0.15, 0.2) is 0 Å². The quantitative estimate of drug-likeness (QED) is 0.620. The van der Waals surface area contributed by atoms with Crippen molar-refractivity contribution in [2.45, 2.75) is 30.8 Å². The number of methoxy groups -OCH3 is 1. The van der Waals surface area contributed by atoms with E-state index < -0.39 is 5.54 Å². The molecular formula is C13H19ClN2O2S. The number of hydrogen-bond acceptors (Lipinski definition) is 5. The molecule has 1 aromatic heterocycles. The van der Waals surface area contributed by atoms with Gasteiger partial charge < -0.3 is 10.1 Å². The second kappa shape index (κ2) is 7.72. The van der Waals surface area contributed by atoms with E-state index in [4.69, 9.17) is 16.3 Å². The van der Waals surface area contributed by atoms with Gasteiger partial charge in [-0.2, -0.15) is 0 Å². The molecule has 0 fully saturated rings. The molecule has 0 radical (unpaired) electrons. The van der Waals surface area contributed by atoms with Gasteiger partial charge in [-0.15, -0.1) is 11.8 Å². The zero-order chi connectivity index (χ0) is 14.3. The Morgan fingerprint density at radius 3 is 2.95 bits per heavy atom. The Morgan fingerprint density at radius 1 is 1.63 bits per heavy atom. The lowest BCUT2D eigenvalue weighted by atomic mass is 9.99. The van der Waals surface area contributed by atoms with Crippen LogP contribution in [-0.2, 0) is 9.53 Å². The highest BCUT2D eigenvalue weighted by Crippen LogP contribution is 2.26. The number of nitrogens with one attached hydrogen (secondary N) is 1. The Kier molecular flexibility index (Phi) is 6.62. The van der Waals surface area contributed by atoms with E-state index in [-0.39, 0.29) is 5.97 Å². The number of ether oxygens (including phenoxy) is 1. The summed E-state index contributed by atoms with van der Waals surface area (Å²) in [4.78, 5) is 16.0. The summed E-state index contributed by atoms with van der Waals surface area (Å²) in [5.41, 5.74) is -0.669. The molecule has 1 N–H and O–H groups in total. The van der Waals surface area contributed by atoms with Crippen molar-refractivity contribution >= 4 is 29.3 Å². The summed E-state index contributed by atoms with van der Waals surface area (Å²) >= 11 is 7.57. The number of hydrogen-bond donors (Lipinski definition) is 1. The maximum absolute atomic E-state index is 11.8. The number of carbonyl (C=O) groups excluding carboxylic acids is 1. The monoisotopic (exact) mass is 302 g/mol. The van der Waals surface area contributed by atoms with E-state index in [0.717, 1.165) is 10.8 Å². The molecule has 1 unspecified atom stereocenters. The van der Waals surface area contributed by atoms with Gasteiger partial charge in [-0.25, -0.2) is 4.98 Å². The second-order valence-corrected chi connectivity index (χ2v) is 5.73. The number of thioether (sulfide) groups is 1. The molecule has 0 saturated heterocycles. The van der Waals surface area contributed by atoms with E-state index in [0.29, 0.717) is 18.0 Å². The predicted octanol–water partition coefficient (Wildman–Crippen LogP) is 2.76. The predicted molar refractivity (Wildman–Crippen MR) is 78.7 cm³/mol. The SMILES string of the molecule is CCNC(C)(CCSc1ncccc1Cl)C(=O)OC. The van der Waals surface area contributed by atoms with Crippen molar-refractivity contribution in [3.8, 4) is 0 Å². The molecule has 0 saturated carbocycles. The highest BCUT2D eigenvalue weighted by molar-refractivity contribution is 7.99. The molecule has 0 bridgehead atoms. The van der Waals surface area contributed by atoms with Crippen molar-refractivity contribution < 1.29 is 9.53 Å². The maximum Gasteiger partial charge on any atom is 0.325 e. The number of rotatable bonds is 7. The van der Waals surface area contributed by atoms with Gasteiger partial charge in [0.05, 0.1) is 12.1 Å². The molecule has 19 heavy (non-hydrogen) atoms. The van der Waals surface area contributed by atoms with E-state index in [1.807, 2.05) is 13.8 Å². The fourth-order valence-corrected chi connectivity index (χ4v) is 3.04. The first-order valence-corrected chi connectivity index (χ1v) is 7.46. The molecule has 0 spiro atoms. The van der Waals surface area contributed by atoms with Crippen LogP contribution in [-0.4, -0.2) is 35.9 Å². The molecule has 0 aliphatic carbocycles. The van der Waals surface area contributed by atoms with Crippen LogP contribution in [0.15, 0.2) is 23.4 Å². The largest absolute Gasteiger partial charge is 0.468 e. The van der Waals surface area contributed by atoms with Crippen LogP contribution in [0.3, 0.4) is 0 Å². The van der Waals surface area contributed by atoms with Crippen LogP contribution in [0, 0.1) is 0 Å². The van der Waals surface area contributed by atoms with Gasteiger partial charge in [-0.05, 0) is 32.0 Å². The summed E-state index contributed by atoms with van der Waals surface area (Å²) < 4.78 is 4.84. The van der Waals surface area contributed by atoms with Crippen LogP contribution in [0.5, 0.6) is 0 Å². The average molecular weight is 303 g/mol. The van der Waals surface area contributed by atoms with Crippen LogP contribution >= 0.6 is 23.4 Å². The lowest BCUT2D eigenvalue weighted by Crippen LogP contribution is -2.50. The molecule has 1 rings (SSSR count). The molecule has 1 aromatic rings. The third kappa shape index (κ3) is 4.67. The summed E-state index contributed by atoms with van der Waals surface area (Å²) in [6.07, 6.45) is 2.35. The first-order chi connectivity index (χ1) is 9.03. The fraction of sp³-hybridized carbons (Fsp3) is 0.538. The number of halogens is 1. The first kappa shape index (κ1) is 16.3. The van der Waals surface area contributed by atoms with Crippen molar-refractivity contribution in [3.63, 3.8) is 0 Å². The standard InChI is InChI=1S/C13H19ClN2O2S/c1-4-16-13(2,12(17)18-3)7-9-19-11-10(14)6-5-8-15-11/h5-6,8,16H,4,7,9H2,1-3H3. The number of likely N-dealkylation sites (N-methyl/N-ethyl adjacent to an activating group) is 1. The lowest BCUT2D eigenvalue weighted by molar-refractivity contribution is -0.147. The number of carbonyl (C=O) groups is 1. The van der Waals surface area contributed by atoms with Gasteiger partial charge in [0.1, 0.15) is 10.6 Å². The summed E-state index contributed by atoms with van der Waals surface area (Å²) in [6, 6.07) is 3.60. The Labute approximate surface area is 123 Å². The Morgan fingerprint density at radius 2 is 2.37 bits per heavy atom. The normalized spacial score (nSPS) is 13.9. The van der Waals surface area contributed by atoms with E-state index in [9.17, 15) is 4.79 Å². The Hall–Kier alpha value is -0.780. The zero-order valence-corrected chi connectivity index (χ0v) is 13.0. The molecule has 4 nitrogen and oxygen atoms in total. The maximum atomic E-state index is 11.8. The topological polar surface area (TPSA) is 51.2 Å². The number of nitrogens with zero attached hydrogens (tertiary/aromatic N) is 1. The van der Waals surface area contributed by atoms with Gasteiger partial charge in [0, 0.05) is 11.9 Å². The number of esters is 1. The zero-order valence-electron chi connectivity index (χ0n) is 11.4. The number of aromatic nitrogens is 1. The van der Waals surface area contributed by atoms with Crippen LogP contribution in [0.2, 0.25) is 5.02 Å². The van der Waals surface area contributed by atoms with Crippen molar-refractivity contribution in [3.05, 3.63) is 23.4 Å². The highest BCUT2D eigenvalue weighted by Gasteiger charge is 2.32. The first-order valence-electron chi connectivity index (χ1n) is 6.10. The van der Waals surface area contributed by atoms with Crippen molar-refractivity contribution in [2.24, 2.45) is 0 Å². The minimum absolute atomic E-state index is 0.248. The van der Waals surface area contributed by atoms with Crippen molar-refractivity contribution in [1.29, 1.82) is 0 Å². The minimum atomic E-state index is -0.669. The van der Waals surface area contributed by atoms with Gasteiger partial charge in [0.25, 0.3) is 0 Å². The summed E-state index contributed by atoms with van der Waals surface area (Å²) in [7, 11) is 1.40. The molecule has 6 heteroatoms. The highest BCUT2D eigenvalue weighted by atomic mass is 35.5. The van der Waals surface area contributed by atoms with E-state index in [2.05, 4.69) is 10.3 Å². The summed E-state index contributed by atoms with van der Waals surface area (Å²) in [6.45, 7) is 4.52. The van der Waals surface area contributed by atoms with Gasteiger partial charge >= 0.3 is 5.97 Å². The van der Waals surface area contributed by atoms with E-state index in [1.54, 1.807) is 18.3 Å². The second-order valence-electron chi connectivity index (χ2n) is 4.24. The van der Waals surface area contributed by atoms with E-state index in [1.165, 1.54) is 18.9 Å². The number of pyridine rings is 1. The van der Waals surface area contributed by atoms with Gasteiger partial charge in [-0.3, -0.25) is 4.79 Å². The van der Waals surface area contributed by atoms with Crippen molar-refractivity contribution in [1.82, 2.24) is 10.3 Å². The van der Waals surface area contributed by atoms with Crippen LogP contribution < -0.4 is 5.32 Å². The fourth-order valence-electron chi connectivity index (χ4n) is 1.71. The minimum Gasteiger partial charge on any atom is -0.468 e. The molecule has 1 heterocycles. The van der Waals surface area contributed by atoms with Gasteiger partial charge in [0.2, 0.25) is 0 Å². The molecule has 0 aliphatic rings. The van der Waals surface area contributed by atoms with E-state index >= 15 is 0 Å². The molecular weight excluding hydrogens is 284 g/mol. The summed E-state index contributed by atoms with van der Waals surface area (Å²) in [5, 5.41) is 4.59. The van der Waals surface area contributed by atoms with Crippen LogP contribution in [0.4, 0.5) is 0 Å². The molecule has 106 valence electrons. The third-order valence-electron chi connectivity index (χ3n) is 2.77.